The van der Waals surface area contributed by atoms with Crippen LogP contribution in [0.2, 0.25) is 0 Å². The molecule has 0 fully saturated rings. The van der Waals surface area contributed by atoms with Gasteiger partial charge in [0.15, 0.2) is 6.61 Å². The first-order chi connectivity index (χ1) is 13.3. The monoisotopic (exact) mass is 408 g/mol. The molecule has 0 aromatic heterocycles. The zero-order chi connectivity index (χ0) is 20.7. The van der Waals surface area contributed by atoms with Crippen LogP contribution in [0.5, 0.6) is 11.5 Å². The molecule has 9 nitrogen and oxygen atoms in total. The minimum Gasteiger partial charge on any atom is -0.497 e. The summed E-state index contributed by atoms with van der Waals surface area (Å²) in [5, 5.41) is 2.56. The first-order valence-corrected chi connectivity index (χ1v) is 9.51. The zero-order valence-corrected chi connectivity index (χ0v) is 16.3. The molecule has 10 heteroatoms. The molecule has 28 heavy (non-hydrogen) atoms. The van der Waals surface area contributed by atoms with Gasteiger partial charge in [-0.3, -0.25) is 4.79 Å². The van der Waals surface area contributed by atoms with Gasteiger partial charge in [-0.1, -0.05) is 6.07 Å². The molecule has 2 aromatic rings. The third kappa shape index (κ3) is 5.21. The van der Waals surface area contributed by atoms with Crippen molar-refractivity contribution in [3.05, 3.63) is 48.0 Å². The fourth-order valence-electron chi connectivity index (χ4n) is 2.24. The summed E-state index contributed by atoms with van der Waals surface area (Å²) in [4.78, 5) is 23.9. The molecular formula is C18H20N2O7S. The molecule has 0 heterocycles. The summed E-state index contributed by atoms with van der Waals surface area (Å²) in [6, 6.07) is 10.5. The van der Waals surface area contributed by atoms with Crippen LogP contribution >= 0.6 is 0 Å². The molecule has 0 atom stereocenters. The normalized spacial score (nSPS) is 10.8. The first-order valence-electron chi connectivity index (χ1n) is 8.03. The highest BCUT2D eigenvalue weighted by molar-refractivity contribution is 7.89. The van der Waals surface area contributed by atoms with Crippen LogP contribution in [0.1, 0.15) is 10.4 Å². The van der Waals surface area contributed by atoms with Crippen molar-refractivity contribution in [1.29, 1.82) is 0 Å². The standard InChI is InChI=1S/C18H20N2O7S/c1-19-28(23,24)16-9-12(7-8-15(16)26-3)18(22)27-11-17(21)20-13-5-4-6-14(10-13)25-2/h4-10,19H,11H2,1-3H3,(H,20,21). The fraction of sp³-hybridized carbons (Fsp3) is 0.222. The van der Waals surface area contributed by atoms with Crippen LogP contribution in [0, 0.1) is 0 Å². The summed E-state index contributed by atoms with van der Waals surface area (Å²) in [5.74, 6) is -0.776. The minimum atomic E-state index is -3.85. The van der Waals surface area contributed by atoms with Gasteiger partial charge in [0.1, 0.15) is 16.4 Å². The number of hydrogen-bond donors (Lipinski definition) is 2. The number of hydrogen-bond acceptors (Lipinski definition) is 7. The molecule has 2 rings (SSSR count). The fourth-order valence-corrected chi connectivity index (χ4v) is 3.15. The lowest BCUT2D eigenvalue weighted by Gasteiger charge is -2.11. The summed E-state index contributed by atoms with van der Waals surface area (Å²) in [7, 11) is 0.200. The van der Waals surface area contributed by atoms with Crippen LogP contribution in [0.25, 0.3) is 0 Å². The molecule has 0 bridgehead atoms. The van der Waals surface area contributed by atoms with Gasteiger partial charge in [-0.25, -0.2) is 17.9 Å². The topological polar surface area (TPSA) is 120 Å². The highest BCUT2D eigenvalue weighted by atomic mass is 32.2. The van der Waals surface area contributed by atoms with E-state index in [0.717, 1.165) is 6.07 Å². The smallest absolute Gasteiger partial charge is 0.338 e. The van der Waals surface area contributed by atoms with Gasteiger partial charge in [-0.15, -0.1) is 0 Å². The van der Waals surface area contributed by atoms with E-state index in [1.165, 1.54) is 33.4 Å². The van der Waals surface area contributed by atoms with Crippen molar-refractivity contribution in [2.45, 2.75) is 4.90 Å². The predicted molar refractivity (Wildman–Crippen MR) is 101 cm³/mol. The number of amides is 1. The highest BCUT2D eigenvalue weighted by Gasteiger charge is 2.21. The van der Waals surface area contributed by atoms with Crippen LogP contribution in [-0.2, 0) is 19.6 Å². The average molecular weight is 408 g/mol. The molecule has 0 spiro atoms. The number of esters is 1. The lowest BCUT2D eigenvalue weighted by molar-refractivity contribution is -0.119. The molecule has 0 radical (unpaired) electrons. The van der Waals surface area contributed by atoms with Gasteiger partial charge in [0.25, 0.3) is 5.91 Å². The second-order valence-electron chi connectivity index (χ2n) is 5.43. The number of ether oxygens (including phenoxy) is 3. The zero-order valence-electron chi connectivity index (χ0n) is 15.5. The van der Waals surface area contributed by atoms with Crippen molar-refractivity contribution in [2.24, 2.45) is 0 Å². The van der Waals surface area contributed by atoms with E-state index in [2.05, 4.69) is 10.0 Å². The summed E-state index contributed by atoms with van der Waals surface area (Å²) in [5.41, 5.74) is 0.441. The lowest BCUT2D eigenvalue weighted by Crippen LogP contribution is -2.22. The van der Waals surface area contributed by atoms with Gasteiger partial charge in [0.05, 0.1) is 19.8 Å². The molecule has 2 aromatic carbocycles. The minimum absolute atomic E-state index is 0.0381. The van der Waals surface area contributed by atoms with E-state index >= 15 is 0 Å². The van der Waals surface area contributed by atoms with E-state index in [4.69, 9.17) is 14.2 Å². The number of sulfonamides is 1. The van der Waals surface area contributed by atoms with Crippen LogP contribution in [0.15, 0.2) is 47.4 Å². The van der Waals surface area contributed by atoms with E-state index in [1.807, 2.05) is 0 Å². The summed E-state index contributed by atoms with van der Waals surface area (Å²) in [6.45, 7) is -0.545. The van der Waals surface area contributed by atoms with Gasteiger partial charge in [-0.05, 0) is 37.4 Å². The van der Waals surface area contributed by atoms with E-state index in [-0.39, 0.29) is 16.2 Å². The van der Waals surface area contributed by atoms with Crippen molar-refractivity contribution in [3.8, 4) is 11.5 Å². The van der Waals surface area contributed by atoms with Crippen molar-refractivity contribution in [2.75, 3.05) is 33.2 Å². The van der Waals surface area contributed by atoms with Crippen molar-refractivity contribution in [3.63, 3.8) is 0 Å². The van der Waals surface area contributed by atoms with Crippen LogP contribution in [-0.4, -0.2) is 48.2 Å². The van der Waals surface area contributed by atoms with Gasteiger partial charge < -0.3 is 19.5 Å². The van der Waals surface area contributed by atoms with Crippen LogP contribution in [0.3, 0.4) is 0 Å². The van der Waals surface area contributed by atoms with Gasteiger partial charge >= 0.3 is 5.97 Å². The molecule has 0 aliphatic heterocycles. The SMILES string of the molecule is CNS(=O)(=O)c1cc(C(=O)OCC(=O)Nc2cccc(OC)c2)ccc1OC. The Bertz CT molecular complexity index is 974. The maximum absolute atomic E-state index is 12.2. The second-order valence-corrected chi connectivity index (χ2v) is 7.28. The van der Waals surface area contributed by atoms with Crippen LogP contribution < -0.4 is 19.5 Å². The molecule has 1 amide bonds. The third-order valence-corrected chi connectivity index (χ3v) is 5.08. The van der Waals surface area contributed by atoms with Crippen molar-refractivity contribution >= 4 is 27.6 Å². The van der Waals surface area contributed by atoms with Crippen molar-refractivity contribution < 1.29 is 32.2 Å². The van der Waals surface area contributed by atoms with E-state index in [1.54, 1.807) is 24.3 Å². The number of methoxy groups -OCH3 is 2. The van der Waals surface area contributed by atoms with E-state index in [9.17, 15) is 18.0 Å². The maximum Gasteiger partial charge on any atom is 0.338 e. The molecule has 0 aliphatic carbocycles. The second kappa shape index (κ2) is 9.20. The molecule has 0 saturated carbocycles. The summed E-state index contributed by atoms with van der Waals surface area (Å²) in [6.07, 6.45) is 0. The van der Waals surface area contributed by atoms with Crippen LogP contribution in [0.4, 0.5) is 5.69 Å². The highest BCUT2D eigenvalue weighted by Crippen LogP contribution is 2.25. The first kappa shape index (κ1) is 21.2. The lowest BCUT2D eigenvalue weighted by atomic mass is 10.2. The number of nitrogens with one attached hydrogen (secondary N) is 2. The van der Waals surface area contributed by atoms with E-state index in [0.29, 0.717) is 11.4 Å². The average Bonchev–Trinajstić information content (AvgIpc) is 2.71. The quantitative estimate of drug-likeness (QED) is 0.634. The molecule has 0 saturated heterocycles. The Labute approximate surface area is 162 Å². The Hall–Kier alpha value is -3.11. The van der Waals surface area contributed by atoms with Gasteiger partial charge in [-0.2, -0.15) is 0 Å². The third-order valence-electron chi connectivity index (χ3n) is 3.65. The molecule has 2 N–H and O–H groups in total. The number of carbonyl (C=O) groups is 2. The summed E-state index contributed by atoms with van der Waals surface area (Å²) < 4.78 is 41.3. The number of anilines is 1. The largest absolute Gasteiger partial charge is 0.497 e. The maximum atomic E-state index is 12.2. The predicted octanol–water partition coefficient (Wildman–Crippen LogP) is 1.41. The molecular weight excluding hydrogens is 388 g/mol. The van der Waals surface area contributed by atoms with Gasteiger partial charge in [0, 0.05) is 11.8 Å². The van der Waals surface area contributed by atoms with Gasteiger partial charge in [0.2, 0.25) is 10.0 Å². The van der Waals surface area contributed by atoms with Crippen molar-refractivity contribution in [1.82, 2.24) is 4.72 Å². The summed E-state index contributed by atoms with van der Waals surface area (Å²) >= 11 is 0. The Kier molecular flexibility index (Phi) is 6.96. The Balaban J connectivity index is 2.06. The van der Waals surface area contributed by atoms with E-state index < -0.39 is 28.5 Å². The number of carbonyl (C=O) groups excluding carboxylic acids is 2. The molecule has 0 aliphatic rings. The Morgan fingerprint density at radius 1 is 1.04 bits per heavy atom. The molecule has 150 valence electrons. The number of rotatable bonds is 8. The Morgan fingerprint density at radius 2 is 1.79 bits per heavy atom. The Morgan fingerprint density at radius 3 is 2.43 bits per heavy atom. The number of benzene rings is 2. The molecule has 0 unspecified atom stereocenters.